The number of fused-ring (bicyclic) bond motifs is 5. The van der Waals surface area contributed by atoms with Crippen molar-refractivity contribution in [2.24, 2.45) is 0 Å². The van der Waals surface area contributed by atoms with Crippen molar-refractivity contribution in [2.75, 3.05) is 0 Å². The fraction of sp³-hybridized carbons (Fsp3) is 0. The van der Waals surface area contributed by atoms with Gasteiger partial charge in [0.15, 0.2) is 0 Å². The highest BCUT2D eigenvalue weighted by atomic mass is 16.3. The topological polar surface area (TPSA) is 13.1 Å². The third-order valence-corrected chi connectivity index (χ3v) is 7.41. The quantitative estimate of drug-likeness (QED) is 0.184. The molecule has 0 radical (unpaired) electrons. The molecule has 0 unspecified atom stereocenters. The van der Waals surface area contributed by atoms with Gasteiger partial charge >= 0.3 is 0 Å². The van der Waals surface area contributed by atoms with Crippen LogP contribution < -0.4 is 0 Å². The molecule has 9 aromatic rings. The van der Waals surface area contributed by atoms with Gasteiger partial charge in [-0.25, -0.2) is 0 Å². The molecule has 0 saturated carbocycles. The molecule has 0 fully saturated rings. The van der Waals surface area contributed by atoms with Gasteiger partial charge in [-0.3, -0.25) is 0 Å². The van der Waals surface area contributed by atoms with Crippen LogP contribution in [0.4, 0.5) is 0 Å². The Labute approximate surface area is 295 Å². The van der Waals surface area contributed by atoms with Crippen LogP contribution >= 0.6 is 0 Å². The van der Waals surface area contributed by atoms with Crippen molar-refractivity contribution in [2.45, 2.75) is 0 Å². The predicted octanol–water partition coefficient (Wildman–Crippen LogP) is 12.6. The first-order valence-electron chi connectivity index (χ1n) is 25.5. The maximum Gasteiger partial charge on any atom is 0.136 e. The Balaban J connectivity index is 1.40. The summed E-state index contributed by atoms with van der Waals surface area (Å²) >= 11 is 0. The maximum absolute atomic E-state index is 9.53. The lowest BCUT2D eigenvalue weighted by Crippen LogP contribution is -1.90. The molecule has 0 aliphatic heterocycles. The smallest absolute Gasteiger partial charge is 0.136 e. The molecule has 45 heavy (non-hydrogen) atoms. The summed E-state index contributed by atoms with van der Waals surface area (Å²) in [6.45, 7) is 0. The van der Waals surface area contributed by atoms with Crippen LogP contribution in [0.25, 0.3) is 88.0 Å². The number of hydrogen-bond donors (Lipinski definition) is 0. The second kappa shape index (κ2) is 10.4. The monoisotopic (exact) mass is 596 g/mol. The molecule has 1 aromatic heterocycles. The number of furan rings is 1. The van der Waals surface area contributed by atoms with Crippen LogP contribution in [0.15, 0.2) is 174 Å². The number of rotatable bonds is 4. The minimum absolute atomic E-state index is 0.0413. The van der Waals surface area contributed by atoms with Crippen molar-refractivity contribution in [3.8, 4) is 44.5 Å². The minimum Gasteiger partial charge on any atom is -0.456 e. The van der Waals surface area contributed by atoms with Gasteiger partial charge in [0.2, 0.25) is 0 Å². The summed E-state index contributed by atoms with van der Waals surface area (Å²) in [6.07, 6.45) is 0. The lowest BCUT2D eigenvalue weighted by molar-refractivity contribution is 0.669. The Bertz CT molecular complexity index is 3740. The first-order valence-corrected chi connectivity index (χ1v) is 13.5. The third-order valence-electron chi connectivity index (χ3n) is 7.41. The Hall–Kier alpha value is -5.92. The number of hydrogen-bond acceptors (Lipinski definition) is 1. The summed E-state index contributed by atoms with van der Waals surface area (Å²) in [4.78, 5) is 0. The second-order valence-corrected chi connectivity index (χ2v) is 9.84. The van der Waals surface area contributed by atoms with Crippen LogP contribution in [-0.2, 0) is 0 Å². The van der Waals surface area contributed by atoms with Crippen molar-refractivity contribution in [3.63, 3.8) is 0 Å². The molecule has 8 aromatic carbocycles. The normalized spacial score (nSPS) is 19.0. The lowest BCUT2D eigenvalue weighted by Gasteiger charge is -2.18. The Morgan fingerprint density at radius 3 is 1.51 bits per heavy atom. The number of benzene rings is 8. The molecule has 0 aliphatic rings. The van der Waals surface area contributed by atoms with Gasteiger partial charge < -0.3 is 4.42 Å². The minimum atomic E-state index is -0.819. The van der Waals surface area contributed by atoms with Gasteiger partial charge in [0.05, 0.1) is 32.9 Å². The van der Waals surface area contributed by atoms with E-state index in [0.29, 0.717) is 0 Å². The first kappa shape index (κ1) is 11.2. The van der Waals surface area contributed by atoms with Gasteiger partial charge in [-0.05, 0) is 84.2 Å². The van der Waals surface area contributed by atoms with E-state index in [0.717, 1.165) is 0 Å². The summed E-state index contributed by atoms with van der Waals surface area (Å²) in [5.41, 5.74) is -3.28. The highest BCUT2D eigenvalue weighted by molar-refractivity contribution is 6.21. The fourth-order valence-corrected chi connectivity index (χ4v) is 5.50. The van der Waals surface area contributed by atoms with E-state index < -0.39 is 189 Å². The van der Waals surface area contributed by atoms with Crippen LogP contribution in [0.5, 0.6) is 0 Å². The molecule has 1 nitrogen and oxygen atoms in total. The molecule has 9 rings (SSSR count). The van der Waals surface area contributed by atoms with Crippen LogP contribution in [0.2, 0.25) is 0 Å². The van der Waals surface area contributed by atoms with Gasteiger partial charge in [0.25, 0.3) is 0 Å². The fourth-order valence-electron chi connectivity index (χ4n) is 5.50. The third kappa shape index (κ3) is 4.17. The SMILES string of the molecule is [2H]c1c([2H])c([2H])c(-c2c3c([2H])c([2H])c([2H])c([2H])c3c(-c3ccc(-c4c([2H])c([2H])c5oc6c([2H])c([2H])c([2H])c(-c7c([2H])c([2H])c([2H])c([2H])c7[2H])c6c5c4[2H])cc3)c3c([2H])c([2H])c([2H])c([2H])c23)c([2H])c1[2H]. The van der Waals surface area contributed by atoms with E-state index in [9.17, 15) is 4.11 Å². The van der Waals surface area contributed by atoms with Crippen molar-refractivity contribution < 1.29 is 37.3 Å². The molecule has 0 N–H and O–H groups in total. The highest BCUT2D eigenvalue weighted by Crippen LogP contribution is 2.44. The zero-order chi connectivity index (χ0) is 50.6. The maximum atomic E-state index is 9.53. The van der Waals surface area contributed by atoms with E-state index in [-0.39, 0.29) is 43.8 Å². The second-order valence-electron chi connectivity index (χ2n) is 9.84. The Kier molecular flexibility index (Phi) is 2.58. The molecular formula is C44H28O. The summed E-state index contributed by atoms with van der Waals surface area (Å²) in [5, 5.41) is -2.14. The van der Waals surface area contributed by atoms with E-state index in [1.54, 1.807) is 0 Å². The average Bonchev–Trinajstić information content (AvgIpc) is 3.74. The van der Waals surface area contributed by atoms with Gasteiger partial charge in [-0.15, -0.1) is 0 Å². The lowest BCUT2D eigenvalue weighted by atomic mass is 9.86. The van der Waals surface area contributed by atoms with E-state index >= 15 is 0 Å². The van der Waals surface area contributed by atoms with E-state index in [1.165, 1.54) is 24.3 Å². The van der Waals surface area contributed by atoms with Crippen molar-refractivity contribution in [1.29, 1.82) is 0 Å². The summed E-state index contributed by atoms with van der Waals surface area (Å²) in [6, 6.07) is -12.5. The molecule has 0 atom stereocenters. The van der Waals surface area contributed by atoms with Crippen LogP contribution in [0, 0.1) is 0 Å². The largest absolute Gasteiger partial charge is 0.456 e. The van der Waals surface area contributed by atoms with E-state index in [1.807, 2.05) is 0 Å². The molecule has 210 valence electrons. The molecule has 0 amide bonds. The average molecular weight is 597 g/mol. The molecule has 0 bridgehead atoms. The van der Waals surface area contributed by atoms with E-state index in [4.69, 9.17) is 33.2 Å². The van der Waals surface area contributed by atoms with Crippen molar-refractivity contribution in [1.82, 2.24) is 0 Å². The van der Waals surface area contributed by atoms with Crippen LogP contribution in [0.1, 0.15) is 32.9 Å². The van der Waals surface area contributed by atoms with Crippen molar-refractivity contribution in [3.05, 3.63) is 169 Å². The molecule has 0 aliphatic carbocycles. The van der Waals surface area contributed by atoms with Gasteiger partial charge in [0, 0.05) is 10.8 Å². The summed E-state index contributed by atoms with van der Waals surface area (Å²) in [7, 11) is 0. The standard InChI is InChI=1S/C44H28O/c1-3-12-30(13-4-1)34-20-11-21-41-44(34)39-28-33(26-27-40(39)45-41)29-22-24-32(25-23-29)43-37-18-9-7-16-35(37)42(31-14-5-2-6-15-31)36-17-8-10-19-38(36)43/h1-28H/i1D,2D,3D,4D,5D,6D,7D,8D,9D,10D,11D,12D,13D,14D,15D,16D,17D,18D,19D,20D,21D,26D,27D,28D. The van der Waals surface area contributed by atoms with Crippen LogP contribution in [-0.4, -0.2) is 0 Å². The summed E-state index contributed by atoms with van der Waals surface area (Å²) < 4.78 is 216. The Morgan fingerprint density at radius 1 is 0.356 bits per heavy atom. The first-order chi connectivity index (χ1) is 32.3. The van der Waals surface area contributed by atoms with Crippen LogP contribution in [0.3, 0.4) is 0 Å². The van der Waals surface area contributed by atoms with Gasteiger partial charge in [-0.1, -0.05) is 151 Å². The van der Waals surface area contributed by atoms with Gasteiger partial charge in [0.1, 0.15) is 11.2 Å². The molecular weight excluding hydrogens is 544 g/mol. The van der Waals surface area contributed by atoms with Gasteiger partial charge in [-0.2, -0.15) is 0 Å². The summed E-state index contributed by atoms with van der Waals surface area (Å²) in [5.74, 6) is 0. The zero-order valence-corrected chi connectivity index (χ0v) is 22.7. The molecule has 1 heterocycles. The van der Waals surface area contributed by atoms with E-state index in [2.05, 4.69) is 0 Å². The molecule has 0 saturated heterocycles. The highest BCUT2D eigenvalue weighted by Gasteiger charge is 2.17. The molecule has 1 heteroatoms. The Morgan fingerprint density at radius 2 is 0.889 bits per heavy atom. The van der Waals surface area contributed by atoms with Crippen molar-refractivity contribution >= 4 is 43.5 Å². The zero-order valence-electron chi connectivity index (χ0n) is 46.7. The molecule has 0 spiro atoms. The predicted molar refractivity (Wildman–Crippen MR) is 190 cm³/mol.